The van der Waals surface area contributed by atoms with Crippen LogP contribution >= 0.6 is 0 Å². The van der Waals surface area contributed by atoms with Crippen molar-refractivity contribution in [1.29, 1.82) is 0 Å². The third-order valence-corrected chi connectivity index (χ3v) is 1.86. The highest BCUT2D eigenvalue weighted by molar-refractivity contribution is 5.79. The molecule has 0 saturated heterocycles. The van der Waals surface area contributed by atoms with Crippen LogP contribution in [0.1, 0.15) is 25.5 Å². The first-order valence-corrected chi connectivity index (χ1v) is 4.60. The fourth-order valence-corrected chi connectivity index (χ4v) is 1.15. The second-order valence-electron chi connectivity index (χ2n) is 2.90. The quantitative estimate of drug-likeness (QED) is 0.311. The summed E-state index contributed by atoms with van der Waals surface area (Å²) in [6, 6.07) is 0. The molecule has 0 radical (unpaired) electrons. The molecule has 0 unspecified atom stereocenters. The van der Waals surface area contributed by atoms with E-state index in [1.165, 1.54) is 0 Å². The van der Waals surface area contributed by atoms with Gasteiger partial charge in [-0.05, 0) is 0 Å². The summed E-state index contributed by atoms with van der Waals surface area (Å²) < 4.78 is 1.66. The summed E-state index contributed by atoms with van der Waals surface area (Å²) in [5.41, 5.74) is 5.39. The van der Waals surface area contributed by atoms with Gasteiger partial charge in [-0.15, -0.1) is 0 Å². The molecule has 6 nitrogen and oxygen atoms in total. The Hall–Kier alpha value is -1.59. The van der Waals surface area contributed by atoms with E-state index < -0.39 is 0 Å². The Balaban J connectivity index is 2.89. The van der Waals surface area contributed by atoms with Crippen LogP contribution in [0.15, 0.2) is 5.16 Å². The summed E-state index contributed by atoms with van der Waals surface area (Å²) in [5.74, 6) is 1.77. The van der Waals surface area contributed by atoms with Crippen LogP contribution in [0.4, 0.5) is 0 Å². The van der Waals surface area contributed by atoms with E-state index in [-0.39, 0.29) is 12.4 Å². The number of oxime groups is 1. The predicted octanol–water partition coefficient (Wildman–Crippen LogP) is 0.149. The van der Waals surface area contributed by atoms with Gasteiger partial charge in [-0.1, -0.05) is 19.0 Å². The maximum atomic E-state index is 8.43. The Labute approximate surface area is 82.4 Å². The molecule has 6 heteroatoms. The van der Waals surface area contributed by atoms with Crippen molar-refractivity contribution in [1.82, 2.24) is 14.8 Å². The normalized spacial score (nSPS) is 12.0. The summed E-state index contributed by atoms with van der Waals surface area (Å²) in [5, 5.41) is 15.5. The Bertz CT molecular complexity index is 330. The molecule has 14 heavy (non-hydrogen) atoms. The van der Waals surface area contributed by atoms with E-state index in [1.54, 1.807) is 4.68 Å². The first kappa shape index (κ1) is 10.5. The minimum atomic E-state index is 0.132. The van der Waals surface area contributed by atoms with E-state index in [0.717, 1.165) is 24.5 Å². The largest absolute Gasteiger partial charge is 0.409 e. The van der Waals surface area contributed by atoms with Gasteiger partial charge >= 0.3 is 0 Å². The second kappa shape index (κ2) is 4.59. The lowest BCUT2D eigenvalue weighted by Crippen LogP contribution is -2.21. The molecule has 78 valence electrons. The highest BCUT2D eigenvalue weighted by Crippen LogP contribution is 2.00. The first-order chi connectivity index (χ1) is 6.71. The van der Waals surface area contributed by atoms with E-state index in [1.807, 2.05) is 13.8 Å². The maximum absolute atomic E-state index is 8.43. The highest BCUT2D eigenvalue weighted by atomic mass is 16.4. The van der Waals surface area contributed by atoms with Crippen LogP contribution in [0.2, 0.25) is 0 Å². The van der Waals surface area contributed by atoms with Gasteiger partial charge in [-0.25, -0.2) is 9.67 Å². The zero-order valence-corrected chi connectivity index (χ0v) is 8.43. The van der Waals surface area contributed by atoms with Crippen LogP contribution in [0.25, 0.3) is 0 Å². The minimum absolute atomic E-state index is 0.132. The van der Waals surface area contributed by atoms with E-state index >= 15 is 0 Å². The molecule has 0 atom stereocenters. The maximum Gasteiger partial charge on any atom is 0.161 e. The number of amidine groups is 1. The Kier molecular flexibility index (Phi) is 3.44. The predicted molar refractivity (Wildman–Crippen MR) is 52.2 cm³/mol. The van der Waals surface area contributed by atoms with Crippen LogP contribution in [0.5, 0.6) is 0 Å². The highest BCUT2D eigenvalue weighted by Gasteiger charge is 2.07. The zero-order valence-electron chi connectivity index (χ0n) is 8.43. The molecular weight excluding hydrogens is 182 g/mol. The first-order valence-electron chi connectivity index (χ1n) is 4.60. The Morgan fingerprint density at radius 2 is 2.21 bits per heavy atom. The fourth-order valence-electron chi connectivity index (χ4n) is 1.15. The summed E-state index contributed by atoms with van der Waals surface area (Å²) in [6.45, 7) is 4.27. The number of hydrogen-bond donors (Lipinski definition) is 2. The van der Waals surface area contributed by atoms with E-state index in [4.69, 9.17) is 10.9 Å². The van der Waals surface area contributed by atoms with Gasteiger partial charge in [0.25, 0.3) is 0 Å². The second-order valence-corrected chi connectivity index (χ2v) is 2.90. The summed E-state index contributed by atoms with van der Waals surface area (Å²) >= 11 is 0. The zero-order chi connectivity index (χ0) is 10.6. The van der Waals surface area contributed by atoms with Gasteiger partial charge in [0.1, 0.15) is 12.4 Å². The van der Waals surface area contributed by atoms with Crippen molar-refractivity contribution in [3.8, 4) is 0 Å². The Morgan fingerprint density at radius 1 is 1.50 bits per heavy atom. The van der Waals surface area contributed by atoms with Gasteiger partial charge in [0.15, 0.2) is 11.7 Å². The van der Waals surface area contributed by atoms with Gasteiger partial charge in [0, 0.05) is 12.8 Å². The van der Waals surface area contributed by atoms with Gasteiger partial charge in [0.05, 0.1) is 0 Å². The van der Waals surface area contributed by atoms with Crippen LogP contribution in [-0.2, 0) is 19.4 Å². The third kappa shape index (κ3) is 2.21. The van der Waals surface area contributed by atoms with Crippen molar-refractivity contribution < 1.29 is 5.21 Å². The number of aryl methyl sites for hydroxylation is 2. The molecule has 1 rings (SSSR count). The summed E-state index contributed by atoms with van der Waals surface area (Å²) in [7, 11) is 0. The molecule has 3 N–H and O–H groups in total. The molecule has 1 aromatic heterocycles. The average molecular weight is 197 g/mol. The molecule has 0 aliphatic carbocycles. The summed E-state index contributed by atoms with van der Waals surface area (Å²) in [4.78, 5) is 4.29. The monoisotopic (exact) mass is 197 g/mol. The topological polar surface area (TPSA) is 89.3 Å². The molecule has 0 bridgehead atoms. The number of rotatable bonds is 4. The van der Waals surface area contributed by atoms with Crippen LogP contribution in [-0.4, -0.2) is 25.8 Å². The number of nitrogens with two attached hydrogens (primary N) is 1. The van der Waals surface area contributed by atoms with Gasteiger partial charge in [0.2, 0.25) is 0 Å². The van der Waals surface area contributed by atoms with Crippen molar-refractivity contribution >= 4 is 5.84 Å². The lowest BCUT2D eigenvalue weighted by Gasteiger charge is -2.01. The van der Waals surface area contributed by atoms with Crippen molar-refractivity contribution in [3.05, 3.63) is 11.6 Å². The number of aromatic nitrogens is 3. The van der Waals surface area contributed by atoms with E-state index in [0.29, 0.717) is 0 Å². The van der Waals surface area contributed by atoms with Crippen LogP contribution in [0.3, 0.4) is 0 Å². The van der Waals surface area contributed by atoms with Crippen LogP contribution in [0, 0.1) is 0 Å². The SMILES string of the molecule is CCc1nc(CC)n(CC(N)=NO)n1. The minimum Gasteiger partial charge on any atom is -0.409 e. The Morgan fingerprint density at radius 3 is 2.71 bits per heavy atom. The molecule has 0 aliphatic heterocycles. The molecule has 0 spiro atoms. The number of nitrogens with zero attached hydrogens (tertiary/aromatic N) is 4. The van der Waals surface area contributed by atoms with E-state index in [2.05, 4.69) is 15.2 Å². The molecule has 1 aromatic rings. The van der Waals surface area contributed by atoms with Crippen molar-refractivity contribution in [2.24, 2.45) is 10.9 Å². The smallest absolute Gasteiger partial charge is 0.161 e. The van der Waals surface area contributed by atoms with Crippen LogP contribution < -0.4 is 5.73 Å². The summed E-state index contributed by atoms with van der Waals surface area (Å²) in [6.07, 6.45) is 1.57. The van der Waals surface area contributed by atoms with Gasteiger partial charge in [-0.2, -0.15) is 5.10 Å². The van der Waals surface area contributed by atoms with Crippen molar-refractivity contribution in [2.75, 3.05) is 0 Å². The number of hydrogen-bond acceptors (Lipinski definition) is 4. The fraction of sp³-hybridized carbons (Fsp3) is 0.625. The molecule has 0 aliphatic rings. The van der Waals surface area contributed by atoms with Gasteiger partial charge < -0.3 is 10.9 Å². The van der Waals surface area contributed by atoms with Gasteiger partial charge in [-0.3, -0.25) is 0 Å². The van der Waals surface area contributed by atoms with Crippen molar-refractivity contribution in [3.63, 3.8) is 0 Å². The molecular formula is C8H15N5O. The van der Waals surface area contributed by atoms with E-state index in [9.17, 15) is 0 Å². The molecule has 0 aromatic carbocycles. The lowest BCUT2D eigenvalue weighted by atomic mass is 10.4. The molecule has 0 fully saturated rings. The van der Waals surface area contributed by atoms with Crippen molar-refractivity contribution in [2.45, 2.75) is 33.2 Å². The molecule has 1 heterocycles. The lowest BCUT2D eigenvalue weighted by molar-refractivity contribution is 0.316. The standard InChI is InChI=1S/C8H15N5O/c1-3-7-10-8(4-2)13(11-7)5-6(9)12-14/h14H,3-5H2,1-2H3,(H2,9,12). The third-order valence-electron chi connectivity index (χ3n) is 1.86. The molecule has 0 saturated carbocycles. The molecule has 0 amide bonds. The average Bonchev–Trinajstić information content (AvgIpc) is 2.60.